The van der Waals surface area contributed by atoms with Gasteiger partial charge in [-0.05, 0) is 18.6 Å². The summed E-state index contributed by atoms with van der Waals surface area (Å²) in [6, 6.07) is 5.82. The first kappa shape index (κ1) is 25.5. The molecule has 2 aliphatic heterocycles. The summed E-state index contributed by atoms with van der Waals surface area (Å²) in [5, 5.41) is 10.3. The largest absolute Gasteiger partial charge is 0.490 e. The van der Waals surface area contributed by atoms with Crippen LogP contribution in [0.3, 0.4) is 0 Å². The monoisotopic (exact) mass is 513 g/mol. The first-order valence-electron chi connectivity index (χ1n) is 9.04. The van der Waals surface area contributed by atoms with Crippen LogP contribution in [0.25, 0.3) is 11.8 Å². The normalized spacial score (nSPS) is 27.1. The van der Waals surface area contributed by atoms with Crippen LogP contribution in [0.2, 0.25) is 0 Å². The number of phosphoric acid groups is 3. The smallest absolute Gasteiger partial charge is 0.390 e. The van der Waals surface area contributed by atoms with Crippen LogP contribution in [-0.2, 0) is 31.6 Å². The Bertz CT molecular complexity index is 1070. The molecule has 13 nitrogen and oxygen atoms in total. The summed E-state index contributed by atoms with van der Waals surface area (Å²) in [5.41, 5.74) is 3.53. The van der Waals surface area contributed by atoms with Crippen molar-refractivity contribution in [2.75, 3.05) is 6.61 Å². The molecule has 0 saturated carbocycles. The number of rotatable bonds is 8. The Morgan fingerprint density at radius 3 is 2.50 bits per heavy atom. The Hall–Kier alpha value is -1.17. The zero-order valence-corrected chi connectivity index (χ0v) is 19.3. The number of benzene rings is 1. The number of nitrogens with zero attached hydrogens (tertiary/aromatic N) is 1. The average Bonchev–Trinajstić information content (AvgIpc) is 2.97. The summed E-state index contributed by atoms with van der Waals surface area (Å²) in [7, 11) is -16.4. The van der Waals surface area contributed by atoms with Gasteiger partial charge in [-0.3, -0.25) is 4.52 Å². The van der Waals surface area contributed by atoms with Crippen LogP contribution in [-0.4, -0.2) is 54.6 Å². The topological polar surface area (TPSA) is 193 Å². The zero-order chi connectivity index (χ0) is 23.9. The van der Waals surface area contributed by atoms with Gasteiger partial charge in [-0.15, -0.1) is 0 Å². The lowest BCUT2D eigenvalue weighted by molar-refractivity contribution is -0.0496. The van der Waals surface area contributed by atoms with Gasteiger partial charge in [0.15, 0.2) is 0 Å². The number of hydrogen-bond donors (Lipinski definition) is 5. The second kappa shape index (κ2) is 9.23. The summed E-state index contributed by atoms with van der Waals surface area (Å²) in [6.45, 7) is 5.28. The summed E-state index contributed by atoms with van der Waals surface area (Å²) < 4.78 is 51.4. The number of ether oxygens (including phenoxy) is 1. The fourth-order valence-corrected chi connectivity index (χ4v) is 6.28. The highest BCUT2D eigenvalue weighted by molar-refractivity contribution is 7.66. The molecule has 0 bridgehead atoms. The molecule has 16 heteroatoms. The number of phosphoric ester groups is 1. The number of aliphatic hydroxyl groups excluding tert-OH is 1. The van der Waals surface area contributed by atoms with Gasteiger partial charge in [-0.25, -0.2) is 13.7 Å². The van der Waals surface area contributed by atoms with Crippen LogP contribution in [0.15, 0.2) is 31.0 Å². The van der Waals surface area contributed by atoms with E-state index in [-0.39, 0.29) is 6.42 Å². The first-order valence-corrected chi connectivity index (χ1v) is 13.6. The molecule has 3 unspecified atom stereocenters. The molecule has 0 aromatic heterocycles. The number of aryl methyl sites for hydroxylation is 1. The fourth-order valence-electron chi connectivity index (χ4n) is 3.25. The van der Waals surface area contributed by atoms with Gasteiger partial charge in [-0.2, -0.15) is 8.62 Å². The van der Waals surface area contributed by atoms with Crippen molar-refractivity contribution in [3.05, 3.63) is 47.7 Å². The Kier molecular flexibility index (Phi) is 7.34. The van der Waals surface area contributed by atoms with E-state index in [1.165, 1.54) is 0 Å². The Balaban J connectivity index is 1.61. The number of fused-ring (bicyclic) bond motifs is 1. The van der Waals surface area contributed by atoms with E-state index in [4.69, 9.17) is 14.5 Å². The van der Waals surface area contributed by atoms with Gasteiger partial charge in [0.25, 0.3) is 0 Å². The van der Waals surface area contributed by atoms with Crippen LogP contribution >= 0.6 is 23.5 Å². The predicted molar refractivity (Wildman–Crippen MR) is 110 cm³/mol. The summed E-state index contributed by atoms with van der Waals surface area (Å²) in [4.78, 5) is 37.5. The highest BCUT2D eigenvalue weighted by atomic mass is 31.3. The van der Waals surface area contributed by atoms with Crippen LogP contribution < -0.4 is 0 Å². The van der Waals surface area contributed by atoms with Gasteiger partial charge in [0.05, 0.1) is 12.7 Å². The summed E-state index contributed by atoms with van der Waals surface area (Å²) >= 11 is 0. The molecule has 5 atom stereocenters. The lowest BCUT2D eigenvalue weighted by atomic mass is 9.98. The van der Waals surface area contributed by atoms with Crippen LogP contribution in [0.4, 0.5) is 0 Å². The Morgan fingerprint density at radius 1 is 1.16 bits per heavy atom. The third-order valence-electron chi connectivity index (χ3n) is 4.58. The maximum Gasteiger partial charge on any atom is 0.490 e. The van der Waals surface area contributed by atoms with E-state index in [1.54, 1.807) is 11.1 Å². The van der Waals surface area contributed by atoms with Gasteiger partial charge in [0.1, 0.15) is 12.3 Å². The predicted octanol–water partition coefficient (Wildman–Crippen LogP) is 2.07. The quantitative estimate of drug-likeness (QED) is 0.318. The van der Waals surface area contributed by atoms with Gasteiger partial charge in [0.2, 0.25) is 0 Å². The van der Waals surface area contributed by atoms with Crippen molar-refractivity contribution < 1.29 is 56.3 Å². The van der Waals surface area contributed by atoms with E-state index in [2.05, 4.69) is 19.7 Å². The van der Waals surface area contributed by atoms with Crippen molar-refractivity contribution in [1.82, 2.24) is 4.90 Å². The molecule has 178 valence electrons. The van der Waals surface area contributed by atoms with Gasteiger partial charge >= 0.3 is 23.5 Å². The van der Waals surface area contributed by atoms with Crippen LogP contribution in [0.1, 0.15) is 23.1 Å². The lowest BCUT2D eigenvalue weighted by Crippen LogP contribution is -2.31. The summed E-state index contributed by atoms with van der Waals surface area (Å²) in [6.07, 6.45) is 0.740. The highest BCUT2D eigenvalue weighted by Gasteiger charge is 2.43. The van der Waals surface area contributed by atoms with Crippen molar-refractivity contribution in [2.24, 2.45) is 0 Å². The lowest BCUT2D eigenvalue weighted by Gasteiger charge is -2.32. The molecular formula is C16H22NO12P3. The van der Waals surface area contributed by atoms with E-state index in [0.29, 0.717) is 5.70 Å². The van der Waals surface area contributed by atoms with Gasteiger partial charge in [-0.1, -0.05) is 30.3 Å². The molecule has 0 amide bonds. The van der Waals surface area contributed by atoms with E-state index >= 15 is 0 Å². The molecule has 0 spiro atoms. The SMILES string of the molecule is C=C1c2ccc(C)cc2C=CN1[C@H]1CC(O)[C@@H](COP(=O)(O)OP(=O)(O)OP(=O)(O)O)O1. The van der Waals surface area contributed by atoms with E-state index in [9.17, 15) is 28.6 Å². The molecule has 0 radical (unpaired) electrons. The Morgan fingerprint density at radius 2 is 1.84 bits per heavy atom. The van der Waals surface area contributed by atoms with Crippen LogP contribution in [0, 0.1) is 6.92 Å². The highest BCUT2D eigenvalue weighted by Crippen LogP contribution is 2.66. The van der Waals surface area contributed by atoms with Crippen molar-refractivity contribution >= 4 is 35.2 Å². The molecule has 2 heterocycles. The molecular weight excluding hydrogens is 491 g/mol. The number of aliphatic hydroxyl groups is 1. The maximum absolute atomic E-state index is 11.9. The minimum absolute atomic E-state index is 0.0922. The number of hydrogen-bond acceptors (Lipinski definition) is 9. The molecule has 5 N–H and O–H groups in total. The second-order valence-corrected chi connectivity index (χ2v) is 11.5. The van der Waals surface area contributed by atoms with Crippen molar-refractivity contribution in [2.45, 2.75) is 31.8 Å². The molecule has 1 fully saturated rings. The minimum atomic E-state index is -5.62. The summed E-state index contributed by atoms with van der Waals surface area (Å²) in [5.74, 6) is 0. The second-order valence-electron chi connectivity index (χ2n) is 7.08. The molecule has 1 aromatic rings. The average molecular weight is 513 g/mol. The molecule has 2 aliphatic rings. The Labute approximate surface area is 183 Å². The standard InChI is InChI=1S/C16H22NO12P3/c1-10-3-4-13-11(2)17(6-5-12(13)7-10)16-8-14(18)15(27-16)9-26-31(22,23)29-32(24,25)28-30(19,20)21/h3-7,14-16,18H,2,8-9H2,1H3,(H,22,23)(H,24,25)(H2,19,20,21)/t14?,15-,16-/m1/s1. The van der Waals surface area contributed by atoms with Crippen molar-refractivity contribution in [3.63, 3.8) is 0 Å². The van der Waals surface area contributed by atoms with E-state index in [0.717, 1.165) is 16.7 Å². The third-order valence-corrected chi connectivity index (χ3v) is 8.38. The van der Waals surface area contributed by atoms with E-state index in [1.807, 2.05) is 31.2 Å². The van der Waals surface area contributed by atoms with Gasteiger partial charge < -0.3 is 34.3 Å². The molecule has 3 rings (SSSR count). The fraction of sp³-hybridized carbons (Fsp3) is 0.375. The molecule has 1 saturated heterocycles. The van der Waals surface area contributed by atoms with E-state index < -0.39 is 48.5 Å². The van der Waals surface area contributed by atoms with Crippen LogP contribution in [0.5, 0.6) is 0 Å². The molecule has 1 aromatic carbocycles. The van der Waals surface area contributed by atoms with Crippen molar-refractivity contribution in [3.8, 4) is 0 Å². The van der Waals surface area contributed by atoms with Gasteiger partial charge in [0, 0.05) is 23.9 Å². The maximum atomic E-state index is 11.9. The molecule has 0 aliphatic carbocycles. The first-order chi connectivity index (χ1) is 14.7. The minimum Gasteiger partial charge on any atom is -0.390 e. The third kappa shape index (κ3) is 6.45. The zero-order valence-electron chi connectivity index (χ0n) is 16.6. The van der Waals surface area contributed by atoms with Crippen molar-refractivity contribution in [1.29, 1.82) is 0 Å². The molecule has 32 heavy (non-hydrogen) atoms.